The van der Waals surface area contributed by atoms with Crippen molar-refractivity contribution < 1.29 is 4.74 Å². The molecular formula is C22H24N4O2. The molecule has 3 aromatic rings. The fourth-order valence-corrected chi connectivity index (χ4v) is 3.39. The SMILES string of the molecule is Cc1nc(Nc2ccc(N3CCOCC3)cc2)[nH]c(=O)c1Cc1ccccc1. The molecule has 2 N–H and O–H groups in total. The molecule has 4 rings (SSSR count). The molecule has 0 amide bonds. The van der Waals surface area contributed by atoms with Gasteiger partial charge in [-0.05, 0) is 36.8 Å². The van der Waals surface area contributed by atoms with Gasteiger partial charge in [-0.2, -0.15) is 0 Å². The van der Waals surface area contributed by atoms with E-state index in [9.17, 15) is 4.79 Å². The first-order chi connectivity index (χ1) is 13.7. The molecule has 2 heterocycles. The molecule has 0 bridgehead atoms. The zero-order chi connectivity index (χ0) is 19.3. The Bertz CT molecular complexity index is 978. The summed E-state index contributed by atoms with van der Waals surface area (Å²) in [6, 6.07) is 18.1. The highest BCUT2D eigenvalue weighted by Gasteiger charge is 2.12. The Kier molecular flexibility index (Phi) is 5.39. The van der Waals surface area contributed by atoms with Gasteiger partial charge in [0.15, 0.2) is 0 Å². The van der Waals surface area contributed by atoms with Crippen LogP contribution in [0.1, 0.15) is 16.8 Å². The maximum atomic E-state index is 12.6. The number of morpholine rings is 1. The highest BCUT2D eigenvalue weighted by Crippen LogP contribution is 2.21. The number of rotatable bonds is 5. The van der Waals surface area contributed by atoms with E-state index in [-0.39, 0.29) is 5.56 Å². The fraction of sp³-hybridized carbons (Fsp3) is 0.273. The molecule has 6 heteroatoms. The van der Waals surface area contributed by atoms with Crippen LogP contribution in [0.2, 0.25) is 0 Å². The molecule has 0 saturated carbocycles. The summed E-state index contributed by atoms with van der Waals surface area (Å²) in [5.41, 5.74) is 4.47. The van der Waals surface area contributed by atoms with Gasteiger partial charge in [0, 0.05) is 36.4 Å². The van der Waals surface area contributed by atoms with E-state index >= 15 is 0 Å². The van der Waals surface area contributed by atoms with Gasteiger partial charge in [0.2, 0.25) is 5.95 Å². The van der Waals surface area contributed by atoms with Crippen LogP contribution in [-0.2, 0) is 11.2 Å². The Morgan fingerprint density at radius 1 is 1.07 bits per heavy atom. The van der Waals surface area contributed by atoms with Gasteiger partial charge in [0.25, 0.3) is 5.56 Å². The first kappa shape index (κ1) is 18.3. The van der Waals surface area contributed by atoms with E-state index in [0.29, 0.717) is 17.9 Å². The molecular weight excluding hydrogens is 352 g/mol. The molecule has 1 aliphatic heterocycles. The minimum Gasteiger partial charge on any atom is -0.378 e. The third kappa shape index (κ3) is 4.23. The van der Waals surface area contributed by atoms with Gasteiger partial charge in [-0.1, -0.05) is 30.3 Å². The lowest BCUT2D eigenvalue weighted by Gasteiger charge is -2.28. The number of ether oxygens (including phenoxy) is 1. The molecule has 0 unspecified atom stereocenters. The predicted octanol–water partition coefficient (Wildman–Crippen LogP) is 3.25. The Morgan fingerprint density at radius 3 is 2.46 bits per heavy atom. The van der Waals surface area contributed by atoms with Crippen molar-refractivity contribution in [1.82, 2.24) is 9.97 Å². The second-order valence-corrected chi connectivity index (χ2v) is 6.91. The second-order valence-electron chi connectivity index (χ2n) is 6.91. The quantitative estimate of drug-likeness (QED) is 0.715. The van der Waals surface area contributed by atoms with Crippen LogP contribution in [0.3, 0.4) is 0 Å². The third-order valence-corrected chi connectivity index (χ3v) is 4.95. The van der Waals surface area contributed by atoms with Crippen molar-refractivity contribution in [3.8, 4) is 0 Å². The van der Waals surface area contributed by atoms with E-state index in [0.717, 1.165) is 43.2 Å². The first-order valence-electron chi connectivity index (χ1n) is 9.52. The van der Waals surface area contributed by atoms with E-state index in [1.165, 1.54) is 5.69 Å². The van der Waals surface area contributed by atoms with Crippen LogP contribution in [0.15, 0.2) is 59.4 Å². The van der Waals surface area contributed by atoms with Gasteiger partial charge < -0.3 is 15.0 Å². The largest absolute Gasteiger partial charge is 0.378 e. The van der Waals surface area contributed by atoms with E-state index in [1.54, 1.807) is 0 Å². The van der Waals surface area contributed by atoms with Crippen LogP contribution in [0, 0.1) is 6.92 Å². The minimum atomic E-state index is -0.108. The fourth-order valence-electron chi connectivity index (χ4n) is 3.39. The minimum absolute atomic E-state index is 0.108. The number of hydrogen-bond donors (Lipinski definition) is 2. The van der Waals surface area contributed by atoms with Crippen molar-refractivity contribution in [2.45, 2.75) is 13.3 Å². The van der Waals surface area contributed by atoms with Crippen molar-refractivity contribution in [2.75, 3.05) is 36.5 Å². The monoisotopic (exact) mass is 376 g/mol. The smallest absolute Gasteiger partial charge is 0.256 e. The molecule has 0 spiro atoms. The van der Waals surface area contributed by atoms with Gasteiger partial charge >= 0.3 is 0 Å². The van der Waals surface area contributed by atoms with Gasteiger partial charge in [-0.15, -0.1) is 0 Å². The number of H-pyrrole nitrogens is 1. The van der Waals surface area contributed by atoms with E-state index in [1.807, 2.05) is 49.4 Å². The van der Waals surface area contributed by atoms with Crippen LogP contribution in [0.5, 0.6) is 0 Å². The average Bonchev–Trinajstić information content (AvgIpc) is 2.73. The second kappa shape index (κ2) is 8.27. The van der Waals surface area contributed by atoms with Crippen molar-refractivity contribution in [2.24, 2.45) is 0 Å². The highest BCUT2D eigenvalue weighted by atomic mass is 16.5. The topological polar surface area (TPSA) is 70.2 Å². The Balaban J connectivity index is 1.48. The van der Waals surface area contributed by atoms with Crippen molar-refractivity contribution in [1.29, 1.82) is 0 Å². The summed E-state index contributed by atoms with van der Waals surface area (Å²) < 4.78 is 5.40. The van der Waals surface area contributed by atoms with Gasteiger partial charge in [-0.3, -0.25) is 9.78 Å². The maximum Gasteiger partial charge on any atom is 0.256 e. The molecule has 144 valence electrons. The number of anilines is 3. The number of aromatic nitrogens is 2. The zero-order valence-corrected chi connectivity index (χ0v) is 15.9. The number of aromatic amines is 1. The summed E-state index contributed by atoms with van der Waals surface area (Å²) in [5, 5.41) is 3.20. The summed E-state index contributed by atoms with van der Waals surface area (Å²) in [6.45, 7) is 5.22. The standard InChI is InChI=1S/C22H24N4O2/c1-16-20(15-17-5-3-2-4-6-17)21(27)25-22(23-16)24-18-7-9-19(10-8-18)26-11-13-28-14-12-26/h2-10H,11-15H2,1H3,(H2,23,24,25,27). The Labute approximate surface area is 164 Å². The van der Waals surface area contributed by atoms with Crippen LogP contribution >= 0.6 is 0 Å². The molecule has 0 aliphatic carbocycles. The third-order valence-electron chi connectivity index (χ3n) is 4.95. The summed E-state index contributed by atoms with van der Waals surface area (Å²) in [6.07, 6.45) is 0.573. The molecule has 1 fully saturated rings. The highest BCUT2D eigenvalue weighted by molar-refractivity contribution is 5.59. The number of hydrogen-bond acceptors (Lipinski definition) is 5. The maximum absolute atomic E-state index is 12.6. The Morgan fingerprint density at radius 2 is 1.79 bits per heavy atom. The molecule has 0 radical (unpaired) electrons. The van der Waals surface area contributed by atoms with E-state index in [4.69, 9.17) is 4.74 Å². The molecule has 1 aromatic heterocycles. The van der Waals surface area contributed by atoms with Crippen LogP contribution in [0.25, 0.3) is 0 Å². The first-order valence-corrected chi connectivity index (χ1v) is 9.52. The summed E-state index contributed by atoms with van der Waals surface area (Å²) >= 11 is 0. The van der Waals surface area contributed by atoms with Crippen LogP contribution in [0.4, 0.5) is 17.3 Å². The van der Waals surface area contributed by atoms with Crippen LogP contribution < -0.4 is 15.8 Å². The van der Waals surface area contributed by atoms with Gasteiger partial charge in [-0.25, -0.2) is 4.98 Å². The van der Waals surface area contributed by atoms with Gasteiger partial charge in [0.05, 0.1) is 18.9 Å². The van der Waals surface area contributed by atoms with Crippen LogP contribution in [-0.4, -0.2) is 36.3 Å². The number of benzene rings is 2. The molecule has 6 nitrogen and oxygen atoms in total. The zero-order valence-electron chi connectivity index (χ0n) is 15.9. The van der Waals surface area contributed by atoms with E-state index < -0.39 is 0 Å². The number of nitrogens with one attached hydrogen (secondary N) is 2. The summed E-state index contributed by atoms with van der Waals surface area (Å²) in [4.78, 5) is 22.3. The van der Waals surface area contributed by atoms with E-state index in [2.05, 4.69) is 32.3 Å². The molecule has 2 aromatic carbocycles. The van der Waals surface area contributed by atoms with Crippen molar-refractivity contribution in [3.05, 3.63) is 81.8 Å². The molecule has 0 atom stereocenters. The normalized spacial score (nSPS) is 14.1. The Hall–Kier alpha value is -3.12. The number of nitrogens with zero attached hydrogens (tertiary/aromatic N) is 2. The lowest BCUT2D eigenvalue weighted by atomic mass is 10.1. The molecule has 1 aliphatic rings. The van der Waals surface area contributed by atoms with Crippen molar-refractivity contribution >= 4 is 17.3 Å². The number of aryl methyl sites for hydroxylation is 1. The van der Waals surface area contributed by atoms with Gasteiger partial charge in [0.1, 0.15) is 0 Å². The van der Waals surface area contributed by atoms with Crippen molar-refractivity contribution in [3.63, 3.8) is 0 Å². The summed E-state index contributed by atoms with van der Waals surface area (Å²) in [7, 11) is 0. The lowest BCUT2D eigenvalue weighted by molar-refractivity contribution is 0.122. The molecule has 28 heavy (non-hydrogen) atoms. The molecule has 1 saturated heterocycles. The lowest BCUT2D eigenvalue weighted by Crippen LogP contribution is -2.36. The predicted molar refractivity (Wildman–Crippen MR) is 112 cm³/mol. The summed E-state index contributed by atoms with van der Waals surface area (Å²) in [5.74, 6) is 0.457. The average molecular weight is 376 g/mol.